The van der Waals surface area contributed by atoms with E-state index in [1.165, 1.54) is 6.07 Å². The van der Waals surface area contributed by atoms with E-state index in [1.54, 1.807) is 6.92 Å². The summed E-state index contributed by atoms with van der Waals surface area (Å²) < 4.78 is 26.2. The van der Waals surface area contributed by atoms with Gasteiger partial charge in [0, 0.05) is 17.8 Å². The fraction of sp³-hybridized carbons (Fsp3) is 0.364. The Morgan fingerprint density at radius 2 is 2.28 bits per heavy atom. The first-order valence-corrected chi connectivity index (χ1v) is 7.45. The molecule has 1 heterocycles. The summed E-state index contributed by atoms with van der Waals surface area (Å²) in [5.74, 6) is 1.29. The molecule has 0 atom stereocenters. The van der Waals surface area contributed by atoms with Crippen LogP contribution in [0.3, 0.4) is 0 Å². The topological polar surface area (TPSA) is 83.5 Å². The van der Waals surface area contributed by atoms with Gasteiger partial charge in [0.1, 0.15) is 4.88 Å². The van der Waals surface area contributed by atoms with Crippen molar-refractivity contribution in [1.29, 1.82) is 0 Å². The van der Waals surface area contributed by atoms with E-state index < -0.39 is 16.0 Å². The van der Waals surface area contributed by atoms with Gasteiger partial charge in [0.2, 0.25) is 10.0 Å². The van der Waals surface area contributed by atoms with Crippen molar-refractivity contribution in [3.63, 3.8) is 0 Å². The molecule has 0 saturated heterocycles. The first kappa shape index (κ1) is 14.7. The summed E-state index contributed by atoms with van der Waals surface area (Å²) >= 11 is 0.942. The summed E-state index contributed by atoms with van der Waals surface area (Å²) in [7, 11) is -3.66. The van der Waals surface area contributed by atoms with Gasteiger partial charge in [0.25, 0.3) is 0 Å². The fourth-order valence-electron chi connectivity index (χ4n) is 1.31. The van der Waals surface area contributed by atoms with Crippen molar-refractivity contribution in [3.8, 4) is 12.3 Å². The van der Waals surface area contributed by atoms with Gasteiger partial charge in [0.05, 0.1) is 4.90 Å². The zero-order valence-electron chi connectivity index (χ0n) is 9.76. The van der Waals surface area contributed by atoms with E-state index in [1.807, 2.05) is 0 Å². The lowest BCUT2D eigenvalue weighted by atomic mass is 10.3. The molecule has 0 saturated carbocycles. The predicted molar refractivity (Wildman–Crippen MR) is 69.3 cm³/mol. The molecule has 0 bridgehead atoms. The molecule has 0 amide bonds. The van der Waals surface area contributed by atoms with E-state index in [0.717, 1.165) is 11.3 Å². The molecule has 0 radical (unpaired) electrons. The molecule has 0 aliphatic heterocycles. The molecule has 0 aliphatic carbocycles. The van der Waals surface area contributed by atoms with Crippen molar-refractivity contribution in [2.24, 2.45) is 0 Å². The number of terminal acetylenes is 1. The Balaban J connectivity index is 2.85. The molecule has 1 aromatic heterocycles. The number of carboxylic acid groups (broad SMARTS) is 1. The standard InChI is InChI=1S/C11H13NO4S2/c1-3-4-5-6-12-18(15,16)10-7-9(11(13)14)17-8(10)2/h1,7,12H,4-6H2,2H3,(H,13,14). The SMILES string of the molecule is C#CCCCNS(=O)(=O)c1cc(C(=O)O)sc1C. The minimum atomic E-state index is -3.66. The van der Waals surface area contributed by atoms with E-state index in [4.69, 9.17) is 11.5 Å². The van der Waals surface area contributed by atoms with Gasteiger partial charge in [0.15, 0.2) is 0 Å². The van der Waals surface area contributed by atoms with Crippen LogP contribution in [-0.4, -0.2) is 26.0 Å². The van der Waals surface area contributed by atoms with Gasteiger partial charge in [-0.15, -0.1) is 23.7 Å². The van der Waals surface area contributed by atoms with Crippen molar-refractivity contribution < 1.29 is 18.3 Å². The number of rotatable bonds is 6. The first-order valence-electron chi connectivity index (χ1n) is 5.15. The number of aryl methyl sites for hydroxylation is 1. The maximum atomic E-state index is 11.9. The van der Waals surface area contributed by atoms with Crippen LogP contribution in [0.5, 0.6) is 0 Å². The lowest BCUT2D eigenvalue weighted by molar-refractivity contribution is 0.0702. The van der Waals surface area contributed by atoms with Gasteiger partial charge in [-0.3, -0.25) is 0 Å². The number of thiophene rings is 1. The number of nitrogens with one attached hydrogen (secondary N) is 1. The molecule has 1 rings (SSSR count). The van der Waals surface area contributed by atoms with Crippen LogP contribution in [0, 0.1) is 19.3 Å². The molecule has 2 N–H and O–H groups in total. The maximum Gasteiger partial charge on any atom is 0.345 e. The molecule has 0 unspecified atom stereocenters. The Morgan fingerprint density at radius 1 is 1.61 bits per heavy atom. The number of hydrogen-bond acceptors (Lipinski definition) is 4. The van der Waals surface area contributed by atoms with Crippen molar-refractivity contribution in [3.05, 3.63) is 15.8 Å². The third kappa shape index (κ3) is 3.57. The van der Waals surface area contributed by atoms with Gasteiger partial charge in [-0.05, 0) is 19.4 Å². The van der Waals surface area contributed by atoms with Crippen LogP contribution < -0.4 is 4.72 Å². The Hall–Kier alpha value is -1.36. The van der Waals surface area contributed by atoms with Gasteiger partial charge < -0.3 is 5.11 Å². The van der Waals surface area contributed by atoms with Crippen molar-refractivity contribution >= 4 is 27.3 Å². The average Bonchev–Trinajstić information content (AvgIpc) is 2.68. The highest BCUT2D eigenvalue weighted by atomic mass is 32.2. The van der Waals surface area contributed by atoms with E-state index in [9.17, 15) is 13.2 Å². The number of carbonyl (C=O) groups is 1. The molecule has 18 heavy (non-hydrogen) atoms. The normalized spacial score (nSPS) is 11.1. The largest absolute Gasteiger partial charge is 0.477 e. The van der Waals surface area contributed by atoms with Crippen molar-refractivity contribution in [1.82, 2.24) is 4.72 Å². The smallest absolute Gasteiger partial charge is 0.345 e. The Labute approximate surface area is 110 Å². The van der Waals surface area contributed by atoms with Crippen LogP contribution in [0.15, 0.2) is 11.0 Å². The molecular formula is C11H13NO4S2. The van der Waals surface area contributed by atoms with E-state index >= 15 is 0 Å². The molecule has 0 fully saturated rings. The molecule has 7 heteroatoms. The third-order valence-corrected chi connectivity index (χ3v) is 4.92. The highest BCUT2D eigenvalue weighted by Gasteiger charge is 2.21. The lowest BCUT2D eigenvalue weighted by Gasteiger charge is -2.04. The second-order valence-electron chi connectivity index (χ2n) is 3.54. The molecule has 0 aromatic carbocycles. The van der Waals surface area contributed by atoms with E-state index in [0.29, 0.717) is 17.7 Å². The molecule has 98 valence electrons. The van der Waals surface area contributed by atoms with E-state index in [-0.39, 0.29) is 16.3 Å². The molecule has 1 aromatic rings. The summed E-state index contributed by atoms with van der Waals surface area (Å²) in [6.45, 7) is 1.82. The van der Waals surface area contributed by atoms with Gasteiger partial charge in [-0.2, -0.15) is 0 Å². The van der Waals surface area contributed by atoms with Crippen LogP contribution in [0.25, 0.3) is 0 Å². The van der Waals surface area contributed by atoms with Gasteiger partial charge in [-0.1, -0.05) is 0 Å². The highest BCUT2D eigenvalue weighted by molar-refractivity contribution is 7.89. The summed E-state index contributed by atoms with van der Waals surface area (Å²) in [6.07, 6.45) is 6.10. The van der Waals surface area contributed by atoms with Crippen molar-refractivity contribution in [2.45, 2.75) is 24.7 Å². The Kier molecular flexibility index (Phi) is 4.90. The van der Waals surface area contributed by atoms with E-state index in [2.05, 4.69) is 10.6 Å². The zero-order valence-corrected chi connectivity index (χ0v) is 11.4. The third-order valence-electron chi connectivity index (χ3n) is 2.16. The van der Waals surface area contributed by atoms with Crippen LogP contribution in [0.2, 0.25) is 0 Å². The van der Waals surface area contributed by atoms with Crippen LogP contribution >= 0.6 is 11.3 Å². The van der Waals surface area contributed by atoms with Gasteiger partial charge in [-0.25, -0.2) is 17.9 Å². The summed E-state index contributed by atoms with van der Waals surface area (Å²) in [6, 6.07) is 1.17. The van der Waals surface area contributed by atoms with Crippen LogP contribution in [0.1, 0.15) is 27.4 Å². The fourth-order valence-corrected chi connectivity index (χ4v) is 3.81. The monoisotopic (exact) mass is 287 g/mol. The number of sulfonamides is 1. The van der Waals surface area contributed by atoms with Crippen LogP contribution in [0.4, 0.5) is 0 Å². The van der Waals surface area contributed by atoms with Crippen molar-refractivity contribution in [2.75, 3.05) is 6.54 Å². The quantitative estimate of drug-likeness (QED) is 0.612. The molecule has 5 nitrogen and oxygen atoms in total. The highest BCUT2D eigenvalue weighted by Crippen LogP contribution is 2.25. The second kappa shape index (κ2) is 6.00. The minimum Gasteiger partial charge on any atom is -0.477 e. The zero-order chi connectivity index (χ0) is 13.8. The number of carboxylic acids is 1. The number of hydrogen-bond donors (Lipinski definition) is 2. The number of unbranched alkanes of at least 4 members (excludes halogenated alkanes) is 1. The summed E-state index contributed by atoms with van der Waals surface area (Å²) in [5, 5.41) is 8.81. The Morgan fingerprint density at radius 3 is 2.78 bits per heavy atom. The average molecular weight is 287 g/mol. The number of aromatic carboxylic acids is 1. The lowest BCUT2D eigenvalue weighted by Crippen LogP contribution is -2.24. The second-order valence-corrected chi connectivity index (χ2v) is 6.53. The molecular weight excluding hydrogens is 274 g/mol. The summed E-state index contributed by atoms with van der Waals surface area (Å²) in [4.78, 5) is 11.3. The minimum absolute atomic E-state index is 0.0106. The molecule has 0 aliphatic rings. The van der Waals surface area contributed by atoms with Gasteiger partial charge >= 0.3 is 5.97 Å². The molecule has 0 spiro atoms. The van der Waals surface area contributed by atoms with Crippen LogP contribution in [-0.2, 0) is 10.0 Å². The predicted octanol–water partition coefficient (Wildman–Crippen LogP) is 1.45. The summed E-state index contributed by atoms with van der Waals surface area (Å²) in [5.41, 5.74) is 0. The first-order chi connectivity index (χ1) is 8.38. The Bertz CT molecular complexity index is 581. The maximum absolute atomic E-state index is 11.9.